The Kier molecular flexibility index (Phi) is 12.2. The number of aryl methyl sites for hydroxylation is 1. The molecule has 2 amide bonds. The quantitative estimate of drug-likeness (QED) is 0.217. The third-order valence-corrected chi connectivity index (χ3v) is 5.45. The van der Waals surface area contributed by atoms with Crippen LogP contribution in [0.1, 0.15) is 36.4 Å². The number of nitrogens with zero attached hydrogens (tertiary/aromatic N) is 1. The van der Waals surface area contributed by atoms with Crippen LogP contribution in [-0.4, -0.2) is 70.5 Å². The molecule has 2 aromatic carbocycles. The largest absolute Gasteiger partial charge is 0.481 e. The molecule has 0 saturated heterocycles. The maximum absolute atomic E-state index is 13.2. The number of amides is 2. The van der Waals surface area contributed by atoms with Gasteiger partial charge in [0.15, 0.2) is 0 Å². The van der Waals surface area contributed by atoms with E-state index in [0.29, 0.717) is 18.5 Å². The number of halogens is 1. The summed E-state index contributed by atoms with van der Waals surface area (Å²) in [6.07, 6.45) is 2.19. The van der Waals surface area contributed by atoms with Crippen molar-refractivity contribution in [2.24, 2.45) is 0 Å². The normalized spacial score (nSPS) is 11.1. The monoisotopic (exact) mass is 515 g/mol. The van der Waals surface area contributed by atoms with Crippen LogP contribution in [0.3, 0.4) is 0 Å². The molecule has 1 heterocycles. The van der Waals surface area contributed by atoms with E-state index in [9.17, 15) is 23.9 Å². The Labute approximate surface area is 237 Å². The van der Waals surface area contributed by atoms with Gasteiger partial charge >= 0.3 is 5.97 Å². The van der Waals surface area contributed by atoms with Crippen molar-refractivity contribution in [2.75, 3.05) is 18.4 Å². The first-order valence-electron chi connectivity index (χ1n) is 11.6. The van der Waals surface area contributed by atoms with E-state index in [1.807, 2.05) is 19.1 Å². The predicted molar refractivity (Wildman–Crippen MR) is 140 cm³/mol. The minimum Gasteiger partial charge on any atom is -0.481 e. The molecule has 0 aliphatic rings. The van der Waals surface area contributed by atoms with Crippen molar-refractivity contribution in [1.82, 2.24) is 15.6 Å². The second-order valence-electron chi connectivity index (χ2n) is 8.37. The number of anilines is 1. The molecule has 1 atom stereocenters. The smallest absolute Gasteiger partial charge is 0.305 e. The number of hydrogen-bond acceptors (Lipinski definition) is 5. The molecular formula is C27H29FN4NaO4. The Morgan fingerprint density at radius 1 is 0.973 bits per heavy atom. The van der Waals surface area contributed by atoms with Crippen LogP contribution in [0.15, 0.2) is 66.9 Å². The average Bonchev–Trinajstić information content (AvgIpc) is 2.85. The first kappa shape index (κ1) is 30.0. The summed E-state index contributed by atoms with van der Waals surface area (Å²) >= 11 is 0. The van der Waals surface area contributed by atoms with Crippen molar-refractivity contribution in [3.63, 3.8) is 0 Å². The van der Waals surface area contributed by atoms with E-state index in [1.54, 1.807) is 42.6 Å². The topological polar surface area (TPSA) is 120 Å². The summed E-state index contributed by atoms with van der Waals surface area (Å²) in [6.45, 7) is 2.27. The van der Waals surface area contributed by atoms with Gasteiger partial charge in [0.25, 0.3) is 0 Å². The third-order valence-electron chi connectivity index (χ3n) is 5.45. The van der Waals surface area contributed by atoms with Gasteiger partial charge in [-0.05, 0) is 59.9 Å². The number of carboxylic acid groups (broad SMARTS) is 1. The number of pyridine rings is 1. The van der Waals surface area contributed by atoms with Crippen LogP contribution < -0.4 is 16.0 Å². The van der Waals surface area contributed by atoms with Gasteiger partial charge in [-0.15, -0.1) is 0 Å². The molecule has 0 spiro atoms. The van der Waals surface area contributed by atoms with Crippen LogP contribution in [0.2, 0.25) is 0 Å². The van der Waals surface area contributed by atoms with Gasteiger partial charge in [0.2, 0.25) is 11.8 Å². The number of carbonyl (C=O) groups excluding carboxylic acids is 2. The summed E-state index contributed by atoms with van der Waals surface area (Å²) in [5.74, 6) is -1.42. The van der Waals surface area contributed by atoms with Crippen LogP contribution in [0.4, 0.5) is 10.2 Å². The average molecular weight is 516 g/mol. The molecule has 0 bridgehead atoms. The fourth-order valence-corrected chi connectivity index (χ4v) is 3.59. The summed E-state index contributed by atoms with van der Waals surface area (Å²) in [5, 5.41) is 17.7. The predicted octanol–water partition coefficient (Wildman–Crippen LogP) is 3.46. The second kappa shape index (κ2) is 15.1. The number of benzene rings is 2. The number of nitrogens with one attached hydrogen (secondary N) is 3. The zero-order valence-electron chi connectivity index (χ0n) is 21.0. The molecule has 8 nitrogen and oxygen atoms in total. The zero-order chi connectivity index (χ0) is 25.9. The number of aliphatic carboxylic acids is 1. The van der Waals surface area contributed by atoms with E-state index in [1.165, 1.54) is 12.1 Å². The molecule has 0 aliphatic heterocycles. The number of hydrogen-bond donors (Lipinski definition) is 4. The van der Waals surface area contributed by atoms with Crippen LogP contribution >= 0.6 is 0 Å². The molecule has 189 valence electrons. The second-order valence-corrected chi connectivity index (χ2v) is 8.37. The molecular weight excluding hydrogens is 486 g/mol. The van der Waals surface area contributed by atoms with Crippen LogP contribution in [-0.2, 0) is 14.4 Å². The summed E-state index contributed by atoms with van der Waals surface area (Å²) in [5.41, 5.74) is 3.34. The molecule has 1 unspecified atom stereocenters. The van der Waals surface area contributed by atoms with E-state index in [4.69, 9.17) is 0 Å². The van der Waals surface area contributed by atoms with Gasteiger partial charge in [-0.3, -0.25) is 14.4 Å². The molecule has 0 saturated carbocycles. The number of rotatable bonds is 12. The van der Waals surface area contributed by atoms with Gasteiger partial charge in [-0.1, -0.05) is 36.4 Å². The van der Waals surface area contributed by atoms with E-state index >= 15 is 0 Å². The standard InChI is InChI=1S/C27H29FN4O4.Na/c1-18-12-14-30-24(15-18)29-13-2-3-25(33)31-17-26(34)32-23(16-27(35)36)21-6-4-19(5-7-21)20-8-10-22(28)11-9-20;/h4-12,14-15,23H,2-3,13,16-17H2,1H3,(H,29,30)(H,31,33)(H,32,34)(H,35,36);. The number of carbonyl (C=O) groups is 3. The molecule has 0 fully saturated rings. The molecule has 1 radical (unpaired) electrons. The van der Waals surface area contributed by atoms with Gasteiger partial charge < -0.3 is 21.1 Å². The molecule has 37 heavy (non-hydrogen) atoms. The maximum atomic E-state index is 13.2. The molecule has 10 heteroatoms. The summed E-state index contributed by atoms with van der Waals surface area (Å²) in [4.78, 5) is 40.0. The Morgan fingerprint density at radius 2 is 1.62 bits per heavy atom. The molecule has 0 aliphatic carbocycles. The van der Waals surface area contributed by atoms with Crippen LogP contribution in [0.25, 0.3) is 11.1 Å². The summed E-state index contributed by atoms with van der Waals surface area (Å²) in [6, 6.07) is 16.1. The Morgan fingerprint density at radius 3 is 2.24 bits per heavy atom. The minimum absolute atomic E-state index is 0. The van der Waals surface area contributed by atoms with Crippen molar-refractivity contribution in [3.05, 3.63) is 83.8 Å². The van der Waals surface area contributed by atoms with Gasteiger partial charge in [-0.25, -0.2) is 9.37 Å². The molecule has 3 rings (SSSR count). The van der Waals surface area contributed by atoms with Crippen molar-refractivity contribution in [1.29, 1.82) is 0 Å². The summed E-state index contributed by atoms with van der Waals surface area (Å²) < 4.78 is 13.2. The van der Waals surface area contributed by atoms with Gasteiger partial charge in [0.1, 0.15) is 11.6 Å². The van der Waals surface area contributed by atoms with Gasteiger partial charge in [0, 0.05) is 48.7 Å². The Balaban J connectivity index is 0.00000481. The molecule has 3 aromatic rings. The van der Waals surface area contributed by atoms with Crippen molar-refractivity contribution in [2.45, 2.75) is 32.2 Å². The number of carboxylic acids is 1. The molecule has 1 aromatic heterocycles. The van der Waals surface area contributed by atoms with E-state index in [2.05, 4.69) is 20.9 Å². The Hall–Kier alpha value is -3.27. The van der Waals surface area contributed by atoms with Crippen LogP contribution in [0.5, 0.6) is 0 Å². The van der Waals surface area contributed by atoms with E-state index in [0.717, 1.165) is 22.5 Å². The fourth-order valence-electron chi connectivity index (χ4n) is 3.59. The van der Waals surface area contributed by atoms with Crippen molar-refractivity contribution in [3.8, 4) is 11.1 Å². The molecule has 4 N–H and O–H groups in total. The maximum Gasteiger partial charge on any atom is 0.305 e. The van der Waals surface area contributed by atoms with Gasteiger partial charge in [-0.2, -0.15) is 0 Å². The van der Waals surface area contributed by atoms with Crippen molar-refractivity contribution >= 4 is 53.2 Å². The first-order valence-corrected chi connectivity index (χ1v) is 11.6. The third kappa shape index (κ3) is 10.3. The van der Waals surface area contributed by atoms with E-state index < -0.39 is 17.9 Å². The number of aromatic nitrogens is 1. The Bertz CT molecular complexity index is 1190. The first-order chi connectivity index (χ1) is 17.3. The van der Waals surface area contributed by atoms with E-state index in [-0.39, 0.29) is 60.7 Å². The zero-order valence-corrected chi connectivity index (χ0v) is 23.0. The SMILES string of the molecule is Cc1ccnc(NCCCC(=O)NCC(=O)NC(CC(=O)O)c2ccc(-c3ccc(F)cc3)cc2)c1.[Na]. The van der Waals surface area contributed by atoms with Crippen LogP contribution in [0, 0.1) is 12.7 Å². The minimum atomic E-state index is -1.07. The van der Waals surface area contributed by atoms with Crippen molar-refractivity contribution < 1.29 is 23.9 Å². The fraction of sp³-hybridized carbons (Fsp3) is 0.259. The summed E-state index contributed by atoms with van der Waals surface area (Å²) in [7, 11) is 0. The van der Waals surface area contributed by atoms with Gasteiger partial charge in [0.05, 0.1) is 19.0 Å².